The van der Waals surface area contributed by atoms with Gasteiger partial charge in [-0.05, 0) is 36.5 Å². The van der Waals surface area contributed by atoms with Crippen LogP contribution in [-0.4, -0.2) is 59.5 Å². The fourth-order valence-electron chi connectivity index (χ4n) is 4.41. The zero-order chi connectivity index (χ0) is 23.7. The van der Waals surface area contributed by atoms with Crippen LogP contribution in [0.1, 0.15) is 23.2 Å². The number of nitrogens with zero attached hydrogens (tertiary/aromatic N) is 4. The van der Waals surface area contributed by atoms with Crippen LogP contribution >= 0.6 is 11.6 Å². The van der Waals surface area contributed by atoms with Crippen molar-refractivity contribution in [3.05, 3.63) is 71.4 Å². The van der Waals surface area contributed by atoms with Gasteiger partial charge in [-0.2, -0.15) is 9.61 Å². The molecule has 4 aromatic rings. The van der Waals surface area contributed by atoms with E-state index in [4.69, 9.17) is 21.3 Å². The van der Waals surface area contributed by atoms with Crippen LogP contribution in [0, 0.1) is 0 Å². The van der Waals surface area contributed by atoms with Crippen LogP contribution in [0.2, 0.25) is 5.02 Å². The minimum Gasteiger partial charge on any atom is -0.496 e. The predicted molar refractivity (Wildman–Crippen MR) is 137 cm³/mol. The highest BCUT2D eigenvalue weighted by Crippen LogP contribution is 2.29. The molecule has 0 unspecified atom stereocenters. The maximum atomic E-state index is 13.0. The van der Waals surface area contributed by atoms with E-state index in [1.54, 1.807) is 7.11 Å². The fraction of sp³-hybridized carbons (Fsp3) is 0.240. The molecular weight excluding hydrogens is 449 g/mol. The maximum Gasteiger partial charge on any atom is 0.257 e. The normalized spacial score (nSPS) is 14.4. The Morgan fingerprint density at radius 2 is 1.88 bits per heavy atom. The Morgan fingerprint density at radius 3 is 2.65 bits per heavy atom. The van der Waals surface area contributed by atoms with Gasteiger partial charge < -0.3 is 15.0 Å². The molecule has 2 aromatic heterocycles. The number of para-hydroxylation sites is 1. The summed E-state index contributed by atoms with van der Waals surface area (Å²) >= 11 is 6.46. The highest BCUT2D eigenvalue weighted by molar-refractivity contribution is 6.36. The lowest BCUT2D eigenvalue weighted by Crippen LogP contribution is -2.42. The van der Waals surface area contributed by atoms with Crippen molar-refractivity contribution in [1.82, 2.24) is 19.5 Å². The number of piperidine rings is 1. The molecule has 0 aliphatic carbocycles. The number of hydrogen-bond donors (Lipinski definition) is 1. The van der Waals surface area contributed by atoms with Gasteiger partial charge in [-0.1, -0.05) is 41.9 Å². The maximum absolute atomic E-state index is 13.0. The zero-order valence-corrected chi connectivity index (χ0v) is 19.9. The third-order valence-electron chi connectivity index (χ3n) is 6.27. The number of ether oxygens (including phenoxy) is 1. The largest absolute Gasteiger partial charge is 0.496 e. The molecule has 172 valence electrons. The molecule has 1 aliphatic heterocycles. The number of methoxy groups -OCH3 is 1. The molecule has 1 fully saturated rings. The van der Waals surface area contributed by atoms with E-state index in [1.807, 2.05) is 78.1 Å². The van der Waals surface area contributed by atoms with Gasteiger partial charge in [0, 0.05) is 42.0 Å². The van der Waals surface area contributed by atoms with Crippen LogP contribution in [0.25, 0.3) is 16.9 Å². The Kier molecular flexibility index (Phi) is 6.15. The summed E-state index contributed by atoms with van der Waals surface area (Å²) in [6, 6.07) is 17.3. The predicted octanol–water partition coefficient (Wildman–Crippen LogP) is 3.03. The molecular formula is C25H25BClN5O2. The number of carbonyl (C=O) groups excluding carboxylic acids is 1. The van der Waals surface area contributed by atoms with Crippen molar-refractivity contribution in [2.75, 3.05) is 25.5 Å². The average Bonchev–Trinajstić information content (AvgIpc) is 3.25. The minimum atomic E-state index is 0.00547. The van der Waals surface area contributed by atoms with Crippen LogP contribution in [0.3, 0.4) is 0 Å². The number of benzene rings is 2. The van der Waals surface area contributed by atoms with Crippen molar-refractivity contribution in [2.45, 2.75) is 18.9 Å². The van der Waals surface area contributed by atoms with Gasteiger partial charge >= 0.3 is 0 Å². The fourth-order valence-corrected chi connectivity index (χ4v) is 4.64. The van der Waals surface area contributed by atoms with Crippen molar-refractivity contribution in [3.63, 3.8) is 0 Å². The molecule has 1 amide bonds. The van der Waals surface area contributed by atoms with E-state index in [0.29, 0.717) is 29.4 Å². The molecule has 1 saturated heterocycles. The number of hydrogen-bond acceptors (Lipinski definition) is 5. The van der Waals surface area contributed by atoms with E-state index in [0.717, 1.165) is 41.0 Å². The lowest BCUT2D eigenvalue weighted by atomic mass is 10.0. The molecule has 34 heavy (non-hydrogen) atoms. The number of rotatable bonds is 5. The lowest BCUT2D eigenvalue weighted by Gasteiger charge is -2.33. The number of carbonyl (C=O) groups is 1. The minimum absolute atomic E-state index is 0.00547. The van der Waals surface area contributed by atoms with Crippen LogP contribution in [-0.2, 0) is 0 Å². The summed E-state index contributed by atoms with van der Waals surface area (Å²) in [5.74, 6) is 1.47. The van der Waals surface area contributed by atoms with Gasteiger partial charge in [-0.25, -0.2) is 4.98 Å². The van der Waals surface area contributed by atoms with Gasteiger partial charge in [0.1, 0.15) is 19.4 Å². The molecule has 0 spiro atoms. The first-order valence-corrected chi connectivity index (χ1v) is 11.7. The van der Waals surface area contributed by atoms with Crippen molar-refractivity contribution in [2.24, 2.45) is 0 Å². The zero-order valence-electron chi connectivity index (χ0n) is 19.2. The summed E-state index contributed by atoms with van der Waals surface area (Å²) < 4.78 is 7.21. The molecule has 0 radical (unpaired) electrons. The topological polar surface area (TPSA) is 71.8 Å². The number of aromatic nitrogens is 3. The third-order valence-corrected chi connectivity index (χ3v) is 6.60. The Bertz CT molecular complexity index is 1350. The van der Waals surface area contributed by atoms with E-state index in [9.17, 15) is 4.79 Å². The molecule has 3 heterocycles. The summed E-state index contributed by atoms with van der Waals surface area (Å²) in [5, 5.41) is 8.82. The Morgan fingerprint density at radius 1 is 1.15 bits per heavy atom. The average molecular weight is 474 g/mol. The first-order valence-electron chi connectivity index (χ1n) is 11.3. The van der Waals surface area contributed by atoms with Gasteiger partial charge in [0.05, 0.1) is 18.4 Å². The highest BCUT2D eigenvalue weighted by atomic mass is 35.5. The Hall–Kier alpha value is -3.52. The molecule has 0 bridgehead atoms. The second-order valence-electron chi connectivity index (χ2n) is 8.48. The highest BCUT2D eigenvalue weighted by Gasteiger charge is 2.26. The van der Waals surface area contributed by atoms with E-state index in [-0.39, 0.29) is 11.9 Å². The monoisotopic (exact) mass is 473 g/mol. The second kappa shape index (κ2) is 9.39. The molecule has 5 rings (SSSR count). The molecule has 0 saturated carbocycles. The quantitative estimate of drug-likeness (QED) is 0.451. The van der Waals surface area contributed by atoms with E-state index in [2.05, 4.69) is 10.4 Å². The van der Waals surface area contributed by atoms with E-state index < -0.39 is 0 Å². The summed E-state index contributed by atoms with van der Waals surface area (Å²) in [7, 11) is 3.59. The second-order valence-corrected chi connectivity index (χ2v) is 8.89. The van der Waals surface area contributed by atoms with Gasteiger partial charge in [0.25, 0.3) is 5.91 Å². The number of anilines is 1. The summed E-state index contributed by atoms with van der Waals surface area (Å²) in [5.41, 5.74) is 4.07. The van der Waals surface area contributed by atoms with Gasteiger partial charge in [0.2, 0.25) is 0 Å². The van der Waals surface area contributed by atoms with Crippen LogP contribution in [0.15, 0.2) is 60.8 Å². The van der Waals surface area contributed by atoms with Crippen molar-refractivity contribution in [3.8, 4) is 17.0 Å². The molecule has 2 aromatic carbocycles. The summed E-state index contributed by atoms with van der Waals surface area (Å²) in [4.78, 5) is 19.8. The summed E-state index contributed by atoms with van der Waals surface area (Å²) in [6.45, 7) is 1.33. The Balaban J connectivity index is 1.35. The van der Waals surface area contributed by atoms with Gasteiger partial charge in [-0.15, -0.1) is 0 Å². The van der Waals surface area contributed by atoms with E-state index >= 15 is 0 Å². The van der Waals surface area contributed by atoms with Crippen LogP contribution < -0.4 is 15.5 Å². The smallest absolute Gasteiger partial charge is 0.257 e. The number of halogens is 1. The molecule has 0 atom stereocenters. The van der Waals surface area contributed by atoms with Crippen molar-refractivity contribution >= 4 is 42.3 Å². The number of nitrogens with one attached hydrogen (secondary N) is 1. The first-order chi connectivity index (χ1) is 16.5. The number of likely N-dealkylation sites (tertiary alicyclic amines) is 1. The number of fused-ring (bicyclic) bond motifs is 1. The standard InChI is InChI=1S/C25H25BClN5O2/c1-34-22-9-5-3-7-18(22)25(33)31-12-10-16(11-13-31)29-23-14-21(17-6-2-4-8-20(17)27)30-24-19(26)15-28-32(23)24/h2-9,14-16,29H,10-13,26H2,1H3. The Labute approximate surface area is 204 Å². The first kappa shape index (κ1) is 22.3. The molecule has 1 aliphatic rings. The number of amides is 1. The lowest BCUT2D eigenvalue weighted by molar-refractivity contribution is 0.0715. The van der Waals surface area contributed by atoms with Crippen molar-refractivity contribution in [1.29, 1.82) is 0 Å². The summed E-state index contributed by atoms with van der Waals surface area (Å²) in [6.07, 6.45) is 3.47. The van der Waals surface area contributed by atoms with Crippen molar-refractivity contribution < 1.29 is 9.53 Å². The van der Waals surface area contributed by atoms with Crippen LogP contribution in [0.5, 0.6) is 5.75 Å². The molecule has 9 heteroatoms. The molecule has 1 N–H and O–H groups in total. The van der Waals surface area contributed by atoms with Gasteiger partial charge in [0.15, 0.2) is 5.65 Å². The third kappa shape index (κ3) is 4.21. The van der Waals surface area contributed by atoms with Crippen LogP contribution in [0.4, 0.5) is 5.82 Å². The van der Waals surface area contributed by atoms with E-state index in [1.165, 1.54) is 0 Å². The molecule has 7 nitrogen and oxygen atoms in total. The van der Waals surface area contributed by atoms with Gasteiger partial charge in [-0.3, -0.25) is 4.79 Å². The SMILES string of the molecule is Bc1cnn2c(NC3CCN(C(=O)c4ccccc4OC)CC3)cc(-c3ccccc3Cl)nc12.